The molecule has 29 heavy (non-hydrogen) atoms. The molecule has 0 unspecified atom stereocenters. The van der Waals surface area contributed by atoms with Gasteiger partial charge in [-0.05, 0) is 30.7 Å². The molecule has 0 atom stereocenters. The molecule has 0 amide bonds. The Morgan fingerprint density at radius 2 is 1.86 bits per heavy atom. The molecule has 4 aromatic heterocycles. The van der Waals surface area contributed by atoms with Crippen molar-refractivity contribution in [3.8, 4) is 21.8 Å². The smallest absolute Gasteiger partial charge is 0.164 e. The molecule has 1 aromatic carbocycles. The van der Waals surface area contributed by atoms with Crippen molar-refractivity contribution in [2.24, 2.45) is 0 Å². The predicted octanol–water partition coefficient (Wildman–Crippen LogP) is 5.06. The highest BCUT2D eigenvalue weighted by atomic mass is 32.1. The van der Waals surface area contributed by atoms with E-state index in [2.05, 4.69) is 38.7 Å². The number of anilines is 1. The third-order valence-electron chi connectivity index (χ3n) is 4.75. The second-order valence-electron chi connectivity index (χ2n) is 6.71. The van der Waals surface area contributed by atoms with Crippen LogP contribution in [0.2, 0.25) is 0 Å². The number of aromatic amines is 1. The fourth-order valence-electron chi connectivity index (χ4n) is 3.16. The molecule has 0 saturated carbocycles. The zero-order valence-electron chi connectivity index (χ0n) is 15.8. The molecule has 0 bridgehead atoms. The topological polar surface area (TPSA) is 79.4 Å². The highest BCUT2D eigenvalue weighted by Crippen LogP contribution is 2.36. The van der Waals surface area contributed by atoms with Gasteiger partial charge in [0.1, 0.15) is 10.6 Å². The zero-order valence-corrected chi connectivity index (χ0v) is 16.6. The van der Waals surface area contributed by atoms with E-state index < -0.39 is 0 Å². The first-order chi connectivity index (χ1) is 14.3. The molecule has 0 aliphatic rings. The Morgan fingerprint density at radius 3 is 2.62 bits per heavy atom. The van der Waals surface area contributed by atoms with Gasteiger partial charge in [-0.15, -0.1) is 11.3 Å². The quantitative estimate of drug-likeness (QED) is 0.432. The minimum atomic E-state index is 0.636. The average Bonchev–Trinajstić information content (AvgIpc) is 3.39. The molecule has 0 aliphatic heterocycles. The maximum absolute atomic E-state index is 4.82. The fourth-order valence-corrected chi connectivity index (χ4v) is 4.19. The lowest BCUT2D eigenvalue weighted by atomic mass is 10.2. The van der Waals surface area contributed by atoms with E-state index in [1.165, 1.54) is 10.4 Å². The van der Waals surface area contributed by atoms with E-state index in [9.17, 15) is 0 Å². The minimum absolute atomic E-state index is 0.636. The Hall–Kier alpha value is -3.58. The molecule has 0 spiro atoms. The summed E-state index contributed by atoms with van der Waals surface area (Å²) in [6.45, 7) is 2.65. The summed E-state index contributed by atoms with van der Waals surface area (Å²) in [6.07, 6.45) is 5.38. The Labute approximate surface area is 171 Å². The van der Waals surface area contributed by atoms with E-state index in [0.29, 0.717) is 12.4 Å². The molecule has 5 aromatic rings. The molecule has 0 fully saturated rings. The Kier molecular flexibility index (Phi) is 4.50. The number of hydrogen-bond donors (Lipinski definition) is 2. The molecule has 6 nitrogen and oxygen atoms in total. The van der Waals surface area contributed by atoms with Crippen molar-refractivity contribution in [1.29, 1.82) is 0 Å². The van der Waals surface area contributed by atoms with Gasteiger partial charge in [-0.25, -0.2) is 9.97 Å². The maximum Gasteiger partial charge on any atom is 0.164 e. The van der Waals surface area contributed by atoms with Gasteiger partial charge in [0.15, 0.2) is 5.82 Å². The van der Waals surface area contributed by atoms with E-state index in [1.54, 1.807) is 23.7 Å². The first kappa shape index (κ1) is 17.5. The van der Waals surface area contributed by atoms with Gasteiger partial charge in [0.25, 0.3) is 0 Å². The van der Waals surface area contributed by atoms with Crippen LogP contribution in [0.25, 0.3) is 32.0 Å². The number of nitrogens with one attached hydrogen (secondary N) is 2. The summed E-state index contributed by atoms with van der Waals surface area (Å²) in [5, 5.41) is 11.6. The fraction of sp³-hybridized carbons (Fsp3) is 0.0909. The summed E-state index contributed by atoms with van der Waals surface area (Å²) in [5.41, 5.74) is 4.23. The molecular formula is C22H18N6S. The lowest BCUT2D eigenvalue weighted by Gasteiger charge is -2.08. The van der Waals surface area contributed by atoms with E-state index >= 15 is 0 Å². The van der Waals surface area contributed by atoms with Gasteiger partial charge >= 0.3 is 0 Å². The van der Waals surface area contributed by atoms with Crippen LogP contribution in [0.1, 0.15) is 11.3 Å². The number of H-pyrrole nitrogens is 1. The standard InChI is InChI=1S/C22H18N6S/c1-14-17(13-25-28-14)12-24-21-18-10-19(15-6-3-2-4-7-15)29-22(18)27-20(26-21)16-8-5-9-23-11-16/h2-11,13H,12H2,1H3,(H,25,28)(H,24,26,27). The van der Waals surface area contributed by atoms with E-state index in [1.807, 2.05) is 43.5 Å². The number of thiophene rings is 1. The first-order valence-corrected chi connectivity index (χ1v) is 10.1. The molecule has 0 radical (unpaired) electrons. The average molecular weight is 398 g/mol. The van der Waals surface area contributed by atoms with Gasteiger partial charge < -0.3 is 5.32 Å². The molecule has 142 valence electrons. The van der Waals surface area contributed by atoms with Crippen LogP contribution in [0, 0.1) is 6.92 Å². The Balaban J connectivity index is 1.61. The largest absolute Gasteiger partial charge is 0.365 e. The van der Waals surface area contributed by atoms with Gasteiger partial charge in [-0.1, -0.05) is 30.3 Å². The van der Waals surface area contributed by atoms with E-state index in [-0.39, 0.29) is 0 Å². The number of benzene rings is 1. The third kappa shape index (κ3) is 3.48. The minimum Gasteiger partial charge on any atom is -0.365 e. The van der Waals surface area contributed by atoms with Crippen molar-refractivity contribution < 1.29 is 0 Å². The van der Waals surface area contributed by atoms with Crippen molar-refractivity contribution in [1.82, 2.24) is 25.1 Å². The number of rotatable bonds is 5. The number of aryl methyl sites for hydroxylation is 1. The summed E-state index contributed by atoms with van der Waals surface area (Å²) in [6, 6.07) is 16.4. The molecular weight excluding hydrogens is 380 g/mol. The number of pyridine rings is 1. The van der Waals surface area contributed by atoms with Crippen molar-refractivity contribution in [2.75, 3.05) is 5.32 Å². The summed E-state index contributed by atoms with van der Waals surface area (Å²) in [7, 11) is 0. The maximum atomic E-state index is 4.82. The van der Waals surface area contributed by atoms with Crippen LogP contribution in [0.4, 0.5) is 5.82 Å². The monoisotopic (exact) mass is 398 g/mol. The van der Waals surface area contributed by atoms with Crippen molar-refractivity contribution >= 4 is 27.4 Å². The Morgan fingerprint density at radius 1 is 1.00 bits per heavy atom. The SMILES string of the molecule is Cc1[nH]ncc1CNc1nc(-c2cccnc2)nc2sc(-c3ccccc3)cc12. The predicted molar refractivity (Wildman–Crippen MR) is 117 cm³/mol. The van der Waals surface area contributed by atoms with Crippen molar-refractivity contribution in [2.45, 2.75) is 13.5 Å². The Bertz CT molecular complexity index is 1260. The van der Waals surface area contributed by atoms with Gasteiger partial charge in [-0.3, -0.25) is 10.1 Å². The number of aromatic nitrogens is 5. The van der Waals surface area contributed by atoms with Crippen LogP contribution in [-0.2, 0) is 6.54 Å². The normalized spacial score (nSPS) is 11.1. The van der Waals surface area contributed by atoms with Crippen molar-refractivity contribution in [3.63, 3.8) is 0 Å². The van der Waals surface area contributed by atoms with Crippen LogP contribution < -0.4 is 5.32 Å². The molecule has 5 rings (SSSR count). The van der Waals surface area contributed by atoms with Crippen LogP contribution in [-0.4, -0.2) is 25.1 Å². The number of fused-ring (bicyclic) bond motifs is 1. The number of nitrogens with zero attached hydrogens (tertiary/aromatic N) is 4. The summed E-state index contributed by atoms with van der Waals surface area (Å²) >= 11 is 1.67. The lowest BCUT2D eigenvalue weighted by molar-refractivity contribution is 1.04. The third-order valence-corrected chi connectivity index (χ3v) is 5.83. The van der Waals surface area contributed by atoms with Gasteiger partial charge in [0.05, 0.1) is 11.6 Å². The van der Waals surface area contributed by atoms with Gasteiger partial charge in [0.2, 0.25) is 0 Å². The highest BCUT2D eigenvalue weighted by molar-refractivity contribution is 7.21. The number of hydrogen-bond acceptors (Lipinski definition) is 6. The molecule has 0 saturated heterocycles. The molecule has 0 aliphatic carbocycles. The van der Waals surface area contributed by atoms with E-state index in [4.69, 9.17) is 9.97 Å². The first-order valence-electron chi connectivity index (χ1n) is 9.28. The molecule has 7 heteroatoms. The summed E-state index contributed by atoms with van der Waals surface area (Å²) in [4.78, 5) is 16.0. The zero-order chi connectivity index (χ0) is 19.6. The second kappa shape index (κ2) is 7.44. The second-order valence-corrected chi connectivity index (χ2v) is 7.74. The van der Waals surface area contributed by atoms with Crippen LogP contribution in [0.3, 0.4) is 0 Å². The lowest BCUT2D eigenvalue weighted by Crippen LogP contribution is -2.04. The van der Waals surface area contributed by atoms with Crippen LogP contribution in [0.15, 0.2) is 67.1 Å². The highest BCUT2D eigenvalue weighted by Gasteiger charge is 2.14. The van der Waals surface area contributed by atoms with Gasteiger partial charge in [-0.2, -0.15) is 5.10 Å². The molecule has 2 N–H and O–H groups in total. The molecule has 4 heterocycles. The summed E-state index contributed by atoms with van der Waals surface area (Å²) < 4.78 is 0. The van der Waals surface area contributed by atoms with Crippen LogP contribution in [0.5, 0.6) is 0 Å². The van der Waals surface area contributed by atoms with E-state index in [0.717, 1.165) is 32.9 Å². The van der Waals surface area contributed by atoms with Crippen molar-refractivity contribution in [3.05, 3.63) is 78.4 Å². The van der Waals surface area contributed by atoms with Gasteiger partial charge in [0, 0.05) is 40.6 Å². The summed E-state index contributed by atoms with van der Waals surface area (Å²) in [5.74, 6) is 1.48. The van der Waals surface area contributed by atoms with Crippen LogP contribution >= 0.6 is 11.3 Å².